The minimum Gasteiger partial charge on any atom is -0.305 e. The van der Waals surface area contributed by atoms with Gasteiger partial charge in [-0.1, -0.05) is 72.8 Å². The topological polar surface area (TPSA) is 9.72 Å². The molecular formula is C33H39N3. The van der Waals surface area contributed by atoms with Gasteiger partial charge in [0.2, 0.25) is 0 Å². The monoisotopic (exact) mass is 477 g/mol. The average molecular weight is 478 g/mol. The van der Waals surface area contributed by atoms with Gasteiger partial charge in [0.25, 0.3) is 0 Å². The zero-order valence-electron chi connectivity index (χ0n) is 22.6. The number of hydrogen-bond acceptors (Lipinski definition) is 3. The van der Waals surface area contributed by atoms with Crippen LogP contribution in [0, 0.1) is 0 Å². The van der Waals surface area contributed by atoms with Gasteiger partial charge in [0.1, 0.15) is 0 Å². The molecule has 0 radical (unpaired) electrons. The lowest BCUT2D eigenvalue weighted by Gasteiger charge is -2.14. The van der Waals surface area contributed by atoms with Crippen molar-refractivity contribution in [1.82, 2.24) is 14.7 Å². The molecule has 36 heavy (non-hydrogen) atoms. The van der Waals surface area contributed by atoms with E-state index in [1.54, 1.807) is 0 Å². The Morgan fingerprint density at radius 1 is 0.333 bits per heavy atom. The van der Waals surface area contributed by atoms with Crippen LogP contribution < -0.4 is 0 Å². The lowest BCUT2D eigenvalue weighted by atomic mass is 9.92. The number of benzene rings is 4. The summed E-state index contributed by atoms with van der Waals surface area (Å²) in [6, 6.07) is 34.0. The Balaban J connectivity index is 1.74. The van der Waals surface area contributed by atoms with E-state index in [-0.39, 0.29) is 0 Å². The Bertz CT molecular complexity index is 1080. The van der Waals surface area contributed by atoms with E-state index in [1.807, 2.05) is 0 Å². The standard InChI is InChI=1S/C33H39N3/c1-34(2)22-25-7-13-28(14-8-25)31-19-32(29-15-9-26(10-16-29)23-35(3)4)21-33(20-31)30-17-11-27(12-18-30)24-36(5)6/h7-21H,22-24H2,1-6H3. The van der Waals surface area contributed by atoms with Crippen molar-refractivity contribution in [3.05, 3.63) is 108 Å². The fourth-order valence-electron chi connectivity index (χ4n) is 4.63. The largest absolute Gasteiger partial charge is 0.305 e. The molecule has 4 rings (SSSR count). The van der Waals surface area contributed by atoms with Crippen LogP contribution in [0.1, 0.15) is 16.7 Å². The third-order valence-corrected chi connectivity index (χ3v) is 6.29. The summed E-state index contributed by atoms with van der Waals surface area (Å²) in [7, 11) is 12.7. The van der Waals surface area contributed by atoms with Crippen molar-refractivity contribution in [2.24, 2.45) is 0 Å². The maximum absolute atomic E-state index is 2.33. The summed E-state index contributed by atoms with van der Waals surface area (Å²) in [6.07, 6.45) is 0. The molecular weight excluding hydrogens is 438 g/mol. The highest BCUT2D eigenvalue weighted by molar-refractivity contribution is 5.81. The zero-order chi connectivity index (χ0) is 25.7. The molecule has 0 fully saturated rings. The SMILES string of the molecule is CN(C)Cc1ccc(-c2cc(-c3ccc(CN(C)C)cc3)cc(-c3ccc(CN(C)C)cc3)c2)cc1. The minimum atomic E-state index is 0.949. The van der Waals surface area contributed by atoms with E-state index in [2.05, 4.69) is 148 Å². The first-order valence-corrected chi connectivity index (χ1v) is 12.6. The molecule has 0 atom stereocenters. The number of nitrogens with zero attached hydrogens (tertiary/aromatic N) is 3. The smallest absolute Gasteiger partial charge is 0.0227 e. The fraction of sp³-hybridized carbons (Fsp3) is 0.273. The van der Waals surface area contributed by atoms with Crippen molar-refractivity contribution in [3.8, 4) is 33.4 Å². The second-order valence-electron chi connectivity index (χ2n) is 10.6. The molecule has 0 N–H and O–H groups in total. The third kappa shape index (κ3) is 6.92. The molecule has 0 amide bonds. The van der Waals surface area contributed by atoms with E-state index >= 15 is 0 Å². The van der Waals surface area contributed by atoms with Gasteiger partial charge in [0.15, 0.2) is 0 Å². The molecule has 0 aliphatic heterocycles. The van der Waals surface area contributed by atoms with Gasteiger partial charge in [-0.2, -0.15) is 0 Å². The Morgan fingerprint density at radius 3 is 0.750 bits per heavy atom. The molecule has 3 nitrogen and oxygen atoms in total. The minimum absolute atomic E-state index is 0.949. The Labute approximate surface area is 217 Å². The van der Waals surface area contributed by atoms with Crippen molar-refractivity contribution < 1.29 is 0 Å². The maximum atomic E-state index is 2.33. The molecule has 4 aromatic carbocycles. The van der Waals surface area contributed by atoms with E-state index in [9.17, 15) is 0 Å². The summed E-state index contributed by atoms with van der Waals surface area (Å²) in [5.41, 5.74) is 11.4. The van der Waals surface area contributed by atoms with Crippen molar-refractivity contribution in [2.45, 2.75) is 19.6 Å². The van der Waals surface area contributed by atoms with Crippen molar-refractivity contribution in [3.63, 3.8) is 0 Å². The Hall–Kier alpha value is -3.24. The van der Waals surface area contributed by atoms with Crippen LogP contribution >= 0.6 is 0 Å². The van der Waals surface area contributed by atoms with E-state index < -0.39 is 0 Å². The number of hydrogen-bond donors (Lipinski definition) is 0. The van der Waals surface area contributed by atoms with Crippen LogP contribution in [0.15, 0.2) is 91.0 Å². The van der Waals surface area contributed by atoms with Crippen molar-refractivity contribution in [1.29, 1.82) is 0 Å². The first-order chi connectivity index (χ1) is 17.3. The van der Waals surface area contributed by atoms with Gasteiger partial charge in [-0.25, -0.2) is 0 Å². The molecule has 0 aliphatic carbocycles. The van der Waals surface area contributed by atoms with Gasteiger partial charge in [-0.15, -0.1) is 0 Å². The molecule has 0 bridgehead atoms. The van der Waals surface area contributed by atoms with Gasteiger partial charge in [0, 0.05) is 19.6 Å². The predicted molar refractivity (Wildman–Crippen MR) is 155 cm³/mol. The summed E-state index contributed by atoms with van der Waals surface area (Å²) in [5.74, 6) is 0. The molecule has 3 heteroatoms. The summed E-state index contributed by atoms with van der Waals surface area (Å²) in [4.78, 5) is 6.61. The van der Waals surface area contributed by atoms with Crippen LogP contribution in [-0.2, 0) is 19.6 Å². The molecule has 0 heterocycles. The van der Waals surface area contributed by atoms with E-state index in [0.29, 0.717) is 0 Å². The Kier molecular flexibility index (Phi) is 8.37. The molecule has 4 aromatic rings. The second-order valence-corrected chi connectivity index (χ2v) is 10.6. The molecule has 0 saturated heterocycles. The van der Waals surface area contributed by atoms with Crippen LogP contribution in [0.3, 0.4) is 0 Å². The van der Waals surface area contributed by atoms with Crippen LogP contribution in [0.2, 0.25) is 0 Å². The first kappa shape index (κ1) is 25.8. The lowest BCUT2D eigenvalue weighted by Crippen LogP contribution is -2.10. The normalized spacial score (nSPS) is 11.6. The predicted octanol–water partition coefficient (Wildman–Crippen LogP) is 6.87. The van der Waals surface area contributed by atoms with Crippen molar-refractivity contribution in [2.75, 3.05) is 42.3 Å². The van der Waals surface area contributed by atoms with Gasteiger partial charge >= 0.3 is 0 Å². The molecule has 0 saturated carbocycles. The fourth-order valence-corrected chi connectivity index (χ4v) is 4.63. The van der Waals surface area contributed by atoms with Gasteiger partial charge in [0.05, 0.1) is 0 Å². The van der Waals surface area contributed by atoms with Gasteiger partial charge in [-0.3, -0.25) is 0 Å². The van der Waals surface area contributed by atoms with Crippen LogP contribution in [0.5, 0.6) is 0 Å². The summed E-state index contributed by atoms with van der Waals surface area (Å²) < 4.78 is 0. The molecule has 186 valence electrons. The maximum Gasteiger partial charge on any atom is 0.0227 e. The van der Waals surface area contributed by atoms with Crippen LogP contribution in [0.25, 0.3) is 33.4 Å². The van der Waals surface area contributed by atoms with Gasteiger partial charge < -0.3 is 14.7 Å². The quantitative estimate of drug-likeness (QED) is 0.260. The zero-order valence-corrected chi connectivity index (χ0v) is 22.6. The Morgan fingerprint density at radius 2 is 0.556 bits per heavy atom. The summed E-state index contributed by atoms with van der Waals surface area (Å²) in [6.45, 7) is 2.85. The summed E-state index contributed by atoms with van der Waals surface area (Å²) in [5, 5.41) is 0. The number of rotatable bonds is 9. The average Bonchev–Trinajstić information content (AvgIpc) is 2.84. The highest BCUT2D eigenvalue weighted by Crippen LogP contribution is 2.33. The van der Waals surface area contributed by atoms with Gasteiger partial charge in [-0.05, 0) is 111 Å². The lowest BCUT2D eigenvalue weighted by molar-refractivity contribution is 0.402. The van der Waals surface area contributed by atoms with E-state index in [0.717, 1.165) is 19.6 Å². The molecule has 0 spiro atoms. The molecule has 0 aromatic heterocycles. The highest BCUT2D eigenvalue weighted by atomic mass is 15.1. The van der Waals surface area contributed by atoms with Crippen LogP contribution in [0.4, 0.5) is 0 Å². The summed E-state index contributed by atoms with van der Waals surface area (Å²) >= 11 is 0. The highest BCUT2D eigenvalue weighted by Gasteiger charge is 2.09. The van der Waals surface area contributed by atoms with E-state index in [1.165, 1.54) is 50.1 Å². The first-order valence-electron chi connectivity index (χ1n) is 12.6. The molecule has 0 unspecified atom stereocenters. The third-order valence-electron chi connectivity index (χ3n) is 6.29. The second kappa shape index (κ2) is 11.7. The van der Waals surface area contributed by atoms with Crippen molar-refractivity contribution >= 4 is 0 Å². The molecule has 0 aliphatic rings. The van der Waals surface area contributed by atoms with Crippen LogP contribution in [-0.4, -0.2) is 57.0 Å². The van der Waals surface area contributed by atoms with E-state index in [4.69, 9.17) is 0 Å².